The van der Waals surface area contributed by atoms with E-state index in [-0.39, 0.29) is 29.2 Å². The summed E-state index contributed by atoms with van der Waals surface area (Å²) in [6, 6.07) is 27.9. The Morgan fingerprint density at radius 2 is 1.41 bits per heavy atom. The number of sulfonamides is 1. The van der Waals surface area contributed by atoms with Crippen molar-refractivity contribution in [1.82, 2.24) is 0 Å². The van der Waals surface area contributed by atoms with Crippen LogP contribution in [-0.4, -0.2) is 14.2 Å². The third-order valence-corrected chi connectivity index (χ3v) is 6.46. The van der Waals surface area contributed by atoms with Crippen LogP contribution in [-0.2, 0) is 27.7 Å². The number of hydrogen-bond donors (Lipinski definition) is 1. The number of carbonyl (C=O) groups is 1. The van der Waals surface area contributed by atoms with Crippen molar-refractivity contribution >= 4 is 21.5 Å². The van der Waals surface area contributed by atoms with Gasteiger partial charge >= 0.3 is 0 Å². The Morgan fingerprint density at radius 1 is 0.765 bits per heavy atom. The van der Waals surface area contributed by atoms with Gasteiger partial charge in [0.05, 0.1) is 4.90 Å². The maximum absolute atomic E-state index is 13.0. The molecule has 0 aromatic heterocycles. The van der Waals surface area contributed by atoms with Gasteiger partial charge < -0.3 is 4.74 Å². The van der Waals surface area contributed by atoms with E-state index < -0.39 is 15.8 Å². The van der Waals surface area contributed by atoms with Gasteiger partial charge in [-0.25, -0.2) is 12.8 Å². The van der Waals surface area contributed by atoms with Gasteiger partial charge in [-0.05, 0) is 60.2 Å². The highest BCUT2D eigenvalue weighted by Crippen LogP contribution is 2.26. The first-order chi connectivity index (χ1) is 16.4. The molecular weight excluding hydrogens is 453 g/mol. The zero-order chi connectivity index (χ0) is 24.0. The van der Waals surface area contributed by atoms with Crippen LogP contribution in [0.2, 0.25) is 0 Å². The fourth-order valence-electron chi connectivity index (χ4n) is 3.39. The molecule has 4 aromatic rings. The second-order valence-electron chi connectivity index (χ2n) is 7.67. The van der Waals surface area contributed by atoms with Gasteiger partial charge in [0.2, 0.25) is 0 Å². The van der Waals surface area contributed by atoms with Crippen LogP contribution >= 0.6 is 0 Å². The topological polar surface area (TPSA) is 72.5 Å². The smallest absolute Gasteiger partial charge is 0.261 e. The number of ether oxygens (including phenoxy) is 1. The first-order valence-electron chi connectivity index (χ1n) is 10.6. The van der Waals surface area contributed by atoms with Gasteiger partial charge in [-0.2, -0.15) is 0 Å². The summed E-state index contributed by atoms with van der Waals surface area (Å²) in [6.07, 6.45) is 0.348. The molecule has 0 saturated carbocycles. The summed E-state index contributed by atoms with van der Waals surface area (Å²) < 4.78 is 46.5. The number of halogens is 1. The Bertz CT molecular complexity index is 1370. The summed E-state index contributed by atoms with van der Waals surface area (Å²) >= 11 is 0. The SMILES string of the molecule is O=C(Cc1ccc(S(=O)(=O)Nc2ccc(F)cc2)cc1)Cc1ccccc1Oc1ccccc1. The van der Waals surface area contributed by atoms with Gasteiger partial charge in [0.1, 0.15) is 23.1 Å². The van der Waals surface area contributed by atoms with E-state index in [4.69, 9.17) is 4.74 Å². The van der Waals surface area contributed by atoms with Gasteiger partial charge in [0, 0.05) is 24.1 Å². The van der Waals surface area contributed by atoms with Gasteiger partial charge in [0.25, 0.3) is 10.0 Å². The molecule has 34 heavy (non-hydrogen) atoms. The Labute approximate surface area is 197 Å². The van der Waals surface area contributed by atoms with Crippen LogP contribution in [0.5, 0.6) is 11.5 Å². The zero-order valence-corrected chi connectivity index (χ0v) is 19.0. The molecular formula is C27H22FNO4S. The van der Waals surface area contributed by atoms with E-state index in [2.05, 4.69) is 4.72 Å². The summed E-state index contributed by atoms with van der Waals surface area (Å²) in [4.78, 5) is 12.8. The van der Waals surface area contributed by atoms with Crippen LogP contribution in [0.1, 0.15) is 11.1 Å². The number of nitrogens with one attached hydrogen (secondary N) is 1. The minimum atomic E-state index is -3.83. The van der Waals surface area contributed by atoms with Crippen LogP contribution in [0.3, 0.4) is 0 Å². The summed E-state index contributed by atoms with van der Waals surface area (Å²) in [7, 11) is -3.83. The predicted octanol–water partition coefficient (Wildman–Crippen LogP) is 5.77. The standard InChI is InChI=1S/C27H22FNO4S/c28-22-12-14-23(15-13-22)29-34(31,32)26-16-10-20(11-17-26)18-24(30)19-21-6-4-5-9-27(21)33-25-7-2-1-3-8-25/h1-17,29H,18-19H2. The molecule has 0 radical (unpaired) electrons. The molecule has 0 atom stereocenters. The molecule has 0 fully saturated rings. The van der Waals surface area contributed by atoms with E-state index in [0.29, 0.717) is 17.1 Å². The third-order valence-electron chi connectivity index (χ3n) is 5.06. The van der Waals surface area contributed by atoms with Crippen molar-refractivity contribution in [1.29, 1.82) is 0 Å². The van der Waals surface area contributed by atoms with Crippen molar-refractivity contribution in [2.24, 2.45) is 0 Å². The monoisotopic (exact) mass is 475 g/mol. The first kappa shape index (κ1) is 23.2. The number of rotatable bonds is 9. The van der Waals surface area contributed by atoms with Crippen molar-refractivity contribution in [2.45, 2.75) is 17.7 Å². The van der Waals surface area contributed by atoms with Crippen LogP contribution in [0.25, 0.3) is 0 Å². The molecule has 0 bridgehead atoms. The van der Waals surface area contributed by atoms with E-state index in [0.717, 1.165) is 5.56 Å². The van der Waals surface area contributed by atoms with Crippen molar-refractivity contribution < 1.29 is 22.3 Å². The highest BCUT2D eigenvalue weighted by atomic mass is 32.2. The Kier molecular flexibility index (Phi) is 7.04. The van der Waals surface area contributed by atoms with Crippen LogP contribution in [0.4, 0.5) is 10.1 Å². The molecule has 0 unspecified atom stereocenters. The summed E-state index contributed by atoms with van der Waals surface area (Å²) in [5.74, 6) is 0.833. The van der Waals surface area contributed by atoms with E-state index in [1.165, 1.54) is 36.4 Å². The van der Waals surface area contributed by atoms with Crippen molar-refractivity contribution in [3.8, 4) is 11.5 Å². The van der Waals surface area contributed by atoms with Gasteiger partial charge in [-0.3, -0.25) is 9.52 Å². The Hall–Kier alpha value is -3.97. The summed E-state index contributed by atoms with van der Waals surface area (Å²) in [6.45, 7) is 0. The molecule has 0 saturated heterocycles. The molecule has 4 rings (SSSR count). The fourth-order valence-corrected chi connectivity index (χ4v) is 4.44. The largest absolute Gasteiger partial charge is 0.457 e. The molecule has 0 aliphatic carbocycles. The number of ketones is 1. The number of Topliss-reactive ketones (excluding diaryl/α,β-unsaturated/α-hetero) is 1. The van der Waals surface area contributed by atoms with Gasteiger partial charge in [-0.15, -0.1) is 0 Å². The quantitative estimate of drug-likeness (QED) is 0.333. The lowest BCUT2D eigenvalue weighted by molar-refractivity contribution is -0.117. The maximum atomic E-state index is 13.0. The number of benzene rings is 4. The second-order valence-corrected chi connectivity index (χ2v) is 9.35. The van der Waals surface area contributed by atoms with Crippen molar-refractivity contribution in [3.63, 3.8) is 0 Å². The lowest BCUT2D eigenvalue weighted by atomic mass is 10.0. The molecule has 0 amide bonds. The predicted molar refractivity (Wildman–Crippen MR) is 129 cm³/mol. The summed E-state index contributed by atoms with van der Waals surface area (Å²) in [5, 5.41) is 0. The van der Waals surface area contributed by atoms with Gasteiger partial charge in [0.15, 0.2) is 0 Å². The molecule has 172 valence electrons. The highest BCUT2D eigenvalue weighted by Gasteiger charge is 2.15. The fraction of sp³-hybridized carbons (Fsp3) is 0.0741. The van der Waals surface area contributed by atoms with E-state index >= 15 is 0 Å². The number of para-hydroxylation sites is 2. The molecule has 0 aliphatic rings. The number of anilines is 1. The van der Waals surface area contributed by atoms with Crippen LogP contribution in [0, 0.1) is 5.82 Å². The lowest BCUT2D eigenvalue weighted by Gasteiger charge is -2.11. The molecule has 5 nitrogen and oxygen atoms in total. The van der Waals surface area contributed by atoms with E-state index in [1.807, 2.05) is 54.6 Å². The minimum absolute atomic E-state index is 0.0239. The van der Waals surface area contributed by atoms with Crippen LogP contribution in [0.15, 0.2) is 108 Å². The average molecular weight is 476 g/mol. The molecule has 4 aromatic carbocycles. The Balaban J connectivity index is 1.40. The number of carbonyl (C=O) groups excluding carboxylic acids is 1. The lowest BCUT2D eigenvalue weighted by Crippen LogP contribution is -2.13. The molecule has 0 spiro atoms. The minimum Gasteiger partial charge on any atom is -0.457 e. The van der Waals surface area contributed by atoms with Gasteiger partial charge in [-0.1, -0.05) is 48.5 Å². The molecule has 7 heteroatoms. The molecule has 0 heterocycles. The highest BCUT2D eigenvalue weighted by molar-refractivity contribution is 7.92. The van der Waals surface area contributed by atoms with E-state index in [9.17, 15) is 17.6 Å². The van der Waals surface area contributed by atoms with E-state index in [1.54, 1.807) is 12.1 Å². The normalized spacial score (nSPS) is 11.1. The number of hydrogen-bond acceptors (Lipinski definition) is 4. The van der Waals surface area contributed by atoms with Crippen molar-refractivity contribution in [2.75, 3.05) is 4.72 Å². The third kappa shape index (κ3) is 6.08. The van der Waals surface area contributed by atoms with Crippen molar-refractivity contribution in [3.05, 3.63) is 120 Å². The Morgan fingerprint density at radius 3 is 2.12 bits per heavy atom. The molecule has 1 N–H and O–H groups in total. The maximum Gasteiger partial charge on any atom is 0.261 e. The second kappa shape index (κ2) is 10.3. The van der Waals surface area contributed by atoms with Crippen LogP contribution < -0.4 is 9.46 Å². The average Bonchev–Trinajstić information content (AvgIpc) is 2.83. The molecule has 0 aliphatic heterocycles. The first-order valence-corrected chi connectivity index (χ1v) is 12.1. The zero-order valence-electron chi connectivity index (χ0n) is 18.1. The summed E-state index contributed by atoms with van der Waals surface area (Å²) in [5.41, 5.74) is 1.74.